The number of nitrogens with zero attached hydrogens (tertiary/aromatic N) is 3. The molecule has 2 atom stereocenters. The number of halogens is 2. The van der Waals surface area contributed by atoms with E-state index in [2.05, 4.69) is 16.1 Å². The van der Waals surface area contributed by atoms with Crippen molar-refractivity contribution in [1.29, 1.82) is 0 Å². The number of hydrogen-bond donors (Lipinski definition) is 1. The van der Waals surface area contributed by atoms with Crippen molar-refractivity contribution in [2.45, 2.75) is 45.1 Å². The number of terminal acetylenes is 1. The summed E-state index contributed by atoms with van der Waals surface area (Å²) in [5, 5.41) is 16.7. The summed E-state index contributed by atoms with van der Waals surface area (Å²) in [5.41, 5.74) is -2.52. The van der Waals surface area contributed by atoms with Gasteiger partial charge in [-0.05, 0) is 45.9 Å². The van der Waals surface area contributed by atoms with Crippen molar-refractivity contribution in [1.82, 2.24) is 15.0 Å². The molecule has 170 valence electrons. The topological polar surface area (TPSA) is 88.7 Å². The van der Waals surface area contributed by atoms with Gasteiger partial charge < -0.3 is 14.4 Å². The molecule has 1 aliphatic heterocycles. The second-order valence-electron chi connectivity index (χ2n) is 8.63. The Morgan fingerprint density at radius 1 is 1.33 bits per heavy atom. The third kappa shape index (κ3) is 3.63. The molecular formula is C24H21ClFN3O4. The van der Waals surface area contributed by atoms with Crippen LogP contribution in [0.25, 0.3) is 11.1 Å². The van der Waals surface area contributed by atoms with Crippen molar-refractivity contribution in [2.75, 3.05) is 0 Å². The molecule has 0 radical (unpaired) electrons. The lowest BCUT2D eigenvalue weighted by molar-refractivity contribution is -0.0988. The molecule has 3 heterocycles. The van der Waals surface area contributed by atoms with E-state index >= 15 is 4.39 Å². The van der Waals surface area contributed by atoms with Crippen molar-refractivity contribution in [2.24, 2.45) is 0 Å². The van der Waals surface area contributed by atoms with Crippen LogP contribution in [0.15, 0.2) is 41.1 Å². The van der Waals surface area contributed by atoms with Crippen molar-refractivity contribution >= 4 is 17.7 Å². The standard InChI is InChI=1S/C24H21ClFN3O4/c1-6-17-20-18(13(2)28-33-20)16-11-12-27-21(26)19(16)24(31,14-7-9-15(25)10-8-14)29(17)22(30)32-23(3,4)5/h1,7-12,17,31H,2-5H3. The number of aryl methyl sites for hydroxylation is 1. The Morgan fingerprint density at radius 2 is 2.00 bits per heavy atom. The molecule has 1 N–H and O–H groups in total. The van der Waals surface area contributed by atoms with E-state index < -0.39 is 29.4 Å². The molecule has 2 aromatic heterocycles. The fourth-order valence-corrected chi connectivity index (χ4v) is 4.09. The van der Waals surface area contributed by atoms with E-state index in [-0.39, 0.29) is 22.5 Å². The van der Waals surface area contributed by atoms with E-state index in [0.717, 1.165) is 4.90 Å². The van der Waals surface area contributed by atoms with Gasteiger partial charge in [0.15, 0.2) is 11.8 Å². The van der Waals surface area contributed by atoms with Gasteiger partial charge in [-0.15, -0.1) is 6.42 Å². The molecule has 9 heteroatoms. The van der Waals surface area contributed by atoms with Gasteiger partial charge in [0.2, 0.25) is 11.7 Å². The number of hydrogen-bond acceptors (Lipinski definition) is 6. The Balaban J connectivity index is 2.14. The van der Waals surface area contributed by atoms with E-state index in [9.17, 15) is 9.90 Å². The van der Waals surface area contributed by atoms with Gasteiger partial charge in [-0.2, -0.15) is 4.39 Å². The summed E-state index contributed by atoms with van der Waals surface area (Å²) >= 11 is 6.05. The summed E-state index contributed by atoms with van der Waals surface area (Å²) in [4.78, 5) is 18.2. The normalized spacial score (nSPS) is 19.8. The maximum Gasteiger partial charge on any atom is 0.414 e. The van der Waals surface area contributed by atoms with Crippen molar-refractivity contribution in [3.8, 4) is 23.5 Å². The van der Waals surface area contributed by atoms with Gasteiger partial charge in [0.1, 0.15) is 5.60 Å². The largest absolute Gasteiger partial charge is 0.444 e. The SMILES string of the molecule is C#CC1c2onc(C)c2-c2ccnc(F)c2C(O)(c2ccc(Cl)cc2)N1C(=O)OC(C)(C)C. The zero-order valence-electron chi connectivity index (χ0n) is 18.4. The smallest absolute Gasteiger partial charge is 0.414 e. The van der Waals surface area contributed by atoms with Gasteiger partial charge >= 0.3 is 6.09 Å². The molecule has 0 saturated carbocycles. The molecular weight excluding hydrogens is 449 g/mol. The van der Waals surface area contributed by atoms with Crippen LogP contribution in [-0.4, -0.2) is 31.8 Å². The van der Waals surface area contributed by atoms with Crippen LogP contribution < -0.4 is 0 Å². The van der Waals surface area contributed by atoms with E-state index in [1.54, 1.807) is 27.7 Å². The molecule has 1 amide bonds. The molecule has 3 aromatic rings. The second kappa shape index (κ2) is 7.87. The first-order valence-corrected chi connectivity index (χ1v) is 10.4. The number of fused-ring (bicyclic) bond motifs is 3. The monoisotopic (exact) mass is 469 g/mol. The quantitative estimate of drug-likeness (QED) is 0.400. The van der Waals surface area contributed by atoms with Crippen LogP contribution in [-0.2, 0) is 10.5 Å². The average Bonchev–Trinajstić information content (AvgIpc) is 3.06. The Morgan fingerprint density at radius 3 is 2.61 bits per heavy atom. The first kappa shape index (κ1) is 22.8. The van der Waals surface area contributed by atoms with Crippen LogP contribution in [0, 0.1) is 25.2 Å². The first-order valence-electron chi connectivity index (χ1n) is 10.1. The number of aliphatic hydroxyl groups is 1. The summed E-state index contributed by atoms with van der Waals surface area (Å²) in [6.45, 7) is 6.64. The highest BCUT2D eigenvalue weighted by Gasteiger charge is 2.54. The van der Waals surface area contributed by atoms with Crippen LogP contribution in [0.4, 0.5) is 9.18 Å². The van der Waals surface area contributed by atoms with Gasteiger partial charge in [-0.25, -0.2) is 14.7 Å². The van der Waals surface area contributed by atoms with Gasteiger partial charge in [-0.3, -0.25) is 0 Å². The van der Waals surface area contributed by atoms with E-state index in [0.29, 0.717) is 16.3 Å². The zero-order chi connectivity index (χ0) is 24.1. The molecule has 0 bridgehead atoms. The van der Waals surface area contributed by atoms with Crippen molar-refractivity contribution in [3.63, 3.8) is 0 Å². The molecule has 0 fully saturated rings. The first-order chi connectivity index (χ1) is 15.5. The predicted molar refractivity (Wildman–Crippen MR) is 119 cm³/mol. The third-order valence-corrected chi connectivity index (χ3v) is 5.51. The van der Waals surface area contributed by atoms with Gasteiger partial charge in [0.05, 0.1) is 16.8 Å². The lowest BCUT2D eigenvalue weighted by Crippen LogP contribution is -2.53. The Hall–Kier alpha value is -3.41. The average molecular weight is 470 g/mol. The number of pyridine rings is 1. The Bertz CT molecular complexity index is 1280. The minimum atomic E-state index is -2.42. The summed E-state index contributed by atoms with van der Waals surface area (Å²) in [5.74, 6) is 1.58. The number of ether oxygens (including phenoxy) is 1. The maximum absolute atomic E-state index is 15.5. The van der Waals surface area contributed by atoms with Crippen LogP contribution in [0.3, 0.4) is 0 Å². The fourth-order valence-electron chi connectivity index (χ4n) is 3.97. The predicted octanol–water partition coefficient (Wildman–Crippen LogP) is 4.96. The van der Waals surface area contributed by atoms with Gasteiger partial charge in [0.25, 0.3) is 0 Å². The molecule has 33 heavy (non-hydrogen) atoms. The van der Waals surface area contributed by atoms with E-state index in [1.165, 1.54) is 36.5 Å². The van der Waals surface area contributed by atoms with Gasteiger partial charge in [0, 0.05) is 22.3 Å². The number of amides is 1. The van der Waals surface area contributed by atoms with Crippen molar-refractivity contribution in [3.05, 3.63) is 70.1 Å². The molecule has 4 rings (SSSR count). The Kier molecular flexibility index (Phi) is 5.43. The highest BCUT2D eigenvalue weighted by atomic mass is 35.5. The van der Waals surface area contributed by atoms with Crippen LogP contribution in [0.1, 0.15) is 49.4 Å². The summed E-state index contributed by atoms with van der Waals surface area (Å²) < 4.78 is 26.6. The highest BCUT2D eigenvalue weighted by Crippen LogP contribution is 2.50. The Labute approximate surface area is 195 Å². The van der Waals surface area contributed by atoms with Crippen molar-refractivity contribution < 1.29 is 23.6 Å². The zero-order valence-corrected chi connectivity index (χ0v) is 19.1. The number of benzene rings is 1. The van der Waals surface area contributed by atoms with Crippen LogP contribution in [0.2, 0.25) is 5.02 Å². The van der Waals surface area contributed by atoms with E-state index in [4.69, 9.17) is 27.3 Å². The van der Waals surface area contributed by atoms with E-state index in [1.807, 2.05) is 0 Å². The molecule has 7 nitrogen and oxygen atoms in total. The molecule has 0 spiro atoms. The number of carbonyl (C=O) groups is 1. The fraction of sp³-hybridized carbons (Fsp3) is 0.292. The second-order valence-corrected chi connectivity index (χ2v) is 9.07. The minimum Gasteiger partial charge on any atom is -0.444 e. The molecule has 2 unspecified atom stereocenters. The lowest BCUT2D eigenvalue weighted by Gasteiger charge is -2.41. The highest BCUT2D eigenvalue weighted by molar-refractivity contribution is 6.30. The molecule has 1 aromatic carbocycles. The third-order valence-electron chi connectivity index (χ3n) is 5.26. The number of aromatic nitrogens is 2. The molecule has 0 saturated heterocycles. The minimum absolute atomic E-state index is 0.0950. The molecule has 0 aliphatic carbocycles. The lowest BCUT2D eigenvalue weighted by atomic mass is 9.89. The summed E-state index contributed by atoms with van der Waals surface area (Å²) in [7, 11) is 0. The number of carbonyl (C=O) groups excluding carboxylic acids is 1. The molecule has 1 aliphatic rings. The summed E-state index contributed by atoms with van der Waals surface area (Å²) in [6.07, 6.45) is 6.12. The number of rotatable bonds is 1. The summed E-state index contributed by atoms with van der Waals surface area (Å²) in [6, 6.07) is 6.19. The van der Waals surface area contributed by atoms with Crippen LogP contribution >= 0.6 is 11.6 Å². The van der Waals surface area contributed by atoms with Gasteiger partial charge in [-0.1, -0.05) is 34.8 Å². The maximum atomic E-state index is 15.5. The van der Waals surface area contributed by atoms with Crippen LogP contribution in [0.5, 0.6) is 0 Å².